The summed E-state index contributed by atoms with van der Waals surface area (Å²) in [5, 5.41) is 4.42. The molecule has 0 atom stereocenters. The molecule has 2 aliphatic carbocycles. The molecule has 0 radical (unpaired) electrons. The van der Waals surface area contributed by atoms with Crippen molar-refractivity contribution in [3.05, 3.63) is 217 Å². The zero-order chi connectivity index (χ0) is 36.1. The van der Waals surface area contributed by atoms with Crippen molar-refractivity contribution in [2.75, 3.05) is 4.90 Å². The second kappa shape index (κ2) is 11.4. The van der Waals surface area contributed by atoms with Crippen LogP contribution in [0.5, 0.6) is 0 Å². The number of benzene rings is 8. The maximum atomic E-state index is 6.86. The normalized spacial score (nSPS) is 13.2. The van der Waals surface area contributed by atoms with Crippen LogP contribution in [0.3, 0.4) is 0 Å². The smallest absolute Gasteiger partial charge is 0.162 e. The molecule has 10 aromatic rings. The number of hydrogen-bond acceptors (Lipinski definition) is 3. The molecular formula is C52H32N2O. The Kier molecular flexibility index (Phi) is 6.26. The first kappa shape index (κ1) is 30.3. The van der Waals surface area contributed by atoms with E-state index in [9.17, 15) is 0 Å². The van der Waals surface area contributed by atoms with Crippen LogP contribution in [0.2, 0.25) is 0 Å². The van der Waals surface area contributed by atoms with E-state index in [1.165, 1.54) is 61.0 Å². The topological polar surface area (TPSA) is 29.3 Å². The van der Waals surface area contributed by atoms with E-state index in [2.05, 4.69) is 187 Å². The van der Waals surface area contributed by atoms with Gasteiger partial charge in [0, 0.05) is 28.3 Å². The molecule has 2 aliphatic rings. The monoisotopic (exact) mass is 700 g/mol. The molecule has 256 valence electrons. The fraction of sp³-hybridized carbons (Fsp3) is 0.0192. The quantitative estimate of drug-likeness (QED) is 0.183. The lowest BCUT2D eigenvalue weighted by Gasteiger charge is -2.32. The molecular weight excluding hydrogens is 669 g/mol. The van der Waals surface area contributed by atoms with Gasteiger partial charge in [0.15, 0.2) is 5.58 Å². The molecule has 1 spiro atoms. The zero-order valence-electron chi connectivity index (χ0n) is 29.8. The summed E-state index contributed by atoms with van der Waals surface area (Å²) < 4.78 is 6.86. The second-order valence-electron chi connectivity index (χ2n) is 14.7. The Bertz CT molecular complexity index is 3090. The van der Waals surface area contributed by atoms with E-state index < -0.39 is 5.41 Å². The van der Waals surface area contributed by atoms with Crippen molar-refractivity contribution < 1.29 is 4.42 Å². The average Bonchev–Trinajstić information content (AvgIpc) is 3.89. The lowest BCUT2D eigenvalue weighted by Crippen LogP contribution is -2.26. The van der Waals surface area contributed by atoms with Gasteiger partial charge in [-0.05, 0) is 96.7 Å². The van der Waals surface area contributed by atoms with Crippen molar-refractivity contribution >= 4 is 49.8 Å². The average molecular weight is 701 g/mol. The number of fused-ring (bicyclic) bond motifs is 15. The Morgan fingerprint density at radius 2 is 1.02 bits per heavy atom. The third-order valence-electron chi connectivity index (χ3n) is 12.0. The summed E-state index contributed by atoms with van der Waals surface area (Å²) in [7, 11) is 0. The van der Waals surface area contributed by atoms with Crippen LogP contribution in [0.4, 0.5) is 17.1 Å². The minimum atomic E-state index is -0.458. The van der Waals surface area contributed by atoms with Crippen LogP contribution in [0, 0.1) is 0 Å². The molecule has 2 heterocycles. The molecule has 2 aromatic heterocycles. The molecule has 0 bridgehead atoms. The van der Waals surface area contributed by atoms with Crippen LogP contribution < -0.4 is 4.90 Å². The summed E-state index contributed by atoms with van der Waals surface area (Å²) in [4.78, 5) is 7.24. The molecule has 0 N–H and O–H groups in total. The van der Waals surface area contributed by atoms with E-state index >= 15 is 0 Å². The Morgan fingerprint density at radius 1 is 0.436 bits per heavy atom. The molecule has 0 unspecified atom stereocenters. The van der Waals surface area contributed by atoms with Gasteiger partial charge in [0.05, 0.1) is 11.6 Å². The van der Waals surface area contributed by atoms with E-state index in [1.807, 2.05) is 12.4 Å². The van der Waals surface area contributed by atoms with Crippen LogP contribution in [-0.4, -0.2) is 4.98 Å². The highest BCUT2D eigenvalue weighted by Crippen LogP contribution is 2.63. The summed E-state index contributed by atoms with van der Waals surface area (Å²) in [6, 6.07) is 66.1. The van der Waals surface area contributed by atoms with Crippen LogP contribution in [0.15, 0.2) is 199 Å². The first-order valence-corrected chi connectivity index (χ1v) is 18.9. The van der Waals surface area contributed by atoms with E-state index in [0.717, 1.165) is 44.4 Å². The van der Waals surface area contributed by atoms with E-state index in [1.54, 1.807) is 0 Å². The SMILES string of the molecule is c1ccc(-c2ccc(N(c3ccc4c(c3)C3(c5ccccc5-c5ccccc53)c3ccccc3-4)c3cncc4c3oc3ccc5ccccc5c34)cc2)cc1. The van der Waals surface area contributed by atoms with Crippen molar-refractivity contribution in [1.29, 1.82) is 0 Å². The maximum absolute atomic E-state index is 6.86. The molecule has 0 saturated carbocycles. The lowest BCUT2D eigenvalue weighted by atomic mass is 9.70. The van der Waals surface area contributed by atoms with Gasteiger partial charge in [-0.2, -0.15) is 0 Å². The van der Waals surface area contributed by atoms with Gasteiger partial charge in [-0.3, -0.25) is 4.98 Å². The van der Waals surface area contributed by atoms with Gasteiger partial charge in [0.2, 0.25) is 0 Å². The third kappa shape index (κ3) is 4.12. The number of furan rings is 1. The Balaban J connectivity index is 1.14. The molecule has 3 nitrogen and oxygen atoms in total. The van der Waals surface area contributed by atoms with Crippen molar-refractivity contribution in [2.24, 2.45) is 0 Å². The van der Waals surface area contributed by atoms with Crippen molar-refractivity contribution in [3.63, 3.8) is 0 Å². The number of nitrogens with zero attached hydrogens (tertiary/aromatic N) is 2. The fourth-order valence-electron chi connectivity index (χ4n) is 9.69. The highest BCUT2D eigenvalue weighted by Gasteiger charge is 2.51. The summed E-state index contributed by atoms with van der Waals surface area (Å²) in [5.74, 6) is 0. The van der Waals surface area contributed by atoms with Crippen LogP contribution >= 0.6 is 0 Å². The molecule has 12 rings (SSSR count). The van der Waals surface area contributed by atoms with Gasteiger partial charge in [-0.1, -0.05) is 152 Å². The Morgan fingerprint density at radius 3 is 1.73 bits per heavy atom. The van der Waals surface area contributed by atoms with E-state index in [-0.39, 0.29) is 0 Å². The largest absolute Gasteiger partial charge is 0.454 e. The standard InChI is InChI=1S/C52H32N2O/c1-2-12-33(13-3-1)34-22-25-36(26-23-34)54(48-32-53-31-43-50-38-15-5-4-14-35(38)24-29-49(50)55-51(43)48)37-27-28-42-41-18-8-11-21-46(41)52(47(42)30-37)44-19-9-6-16-39(44)40-17-7-10-20-45(40)52/h1-32H. The number of aromatic nitrogens is 1. The number of pyridine rings is 1. The van der Waals surface area contributed by atoms with Gasteiger partial charge >= 0.3 is 0 Å². The first-order valence-electron chi connectivity index (χ1n) is 18.9. The van der Waals surface area contributed by atoms with Crippen LogP contribution in [0.1, 0.15) is 22.3 Å². The summed E-state index contributed by atoms with van der Waals surface area (Å²) in [6.45, 7) is 0. The molecule has 0 saturated heterocycles. The van der Waals surface area contributed by atoms with Crippen LogP contribution in [-0.2, 0) is 5.41 Å². The Hall–Kier alpha value is -7.23. The maximum Gasteiger partial charge on any atom is 0.162 e. The predicted octanol–water partition coefficient (Wildman–Crippen LogP) is 13.6. The van der Waals surface area contributed by atoms with Gasteiger partial charge in [0.1, 0.15) is 11.3 Å². The molecule has 3 heteroatoms. The van der Waals surface area contributed by atoms with Crippen molar-refractivity contribution in [2.45, 2.75) is 5.41 Å². The third-order valence-corrected chi connectivity index (χ3v) is 12.0. The summed E-state index contributed by atoms with van der Waals surface area (Å²) in [6.07, 6.45) is 3.91. The lowest BCUT2D eigenvalue weighted by molar-refractivity contribution is 0.669. The van der Waals surface area contributed by atoms with Gasteiger partial charge < -0.3 is 9.32 Å². The fourth-order valence-corrected chi connectivity index (χ4v) is 9.69. The highest BCUT2D eigenvalue weighted by molar-refractivity contribution is 6.20. The Labute approximate surface area is 318 Å². The van der Waals surface area contributed by atoms with Gasteiger partial charge in [0.25, 0.3) is 0 Å². The molecule has 8 aromatic carbocycles. The molecule has 0 fully saturated rings. The van der Waals surface area contributed by atoms with Crippen molar-refractivity contribution in [3.8, 4) is 33.4 Å². The minimum Gasteiger partial charge on any atom is -0.454 e. The number of rotatable bonds is 4. The van der Waals surface area contributed by atoms with Gasteiger partial charge in [-0.15, -0.1) is 0 Å². The van der Waals surface area contributed by atoms with Crippen LogP contribution in [0.25, 0.3) is 66.1 Å². The van der Waals surface area contributed by atoms with Gasteiger partial charge in [-0.25, -0.2) is 0 Å². The second-order valence-corrected chi connectivity index (χ2v) is 14.7. The predicted molar refractivity (Wildman–Crippen MR) is 225 cm³/mol. The minimum absolute atomic E-state index is 0.458. The zero-order valence-corrected chi connectivity index (χ0v) is 29.8. The molecule has 0 amide bonds. The highest BCUT2D eigenvalue weighted by atomic mass is 16.3. The molecule has 55 heavy (non-hydrogen) atoms. The van der Waals surface area contributed by atoms with Crippen molar-refractivity contribution in [1.82, 2.24) is 4.98 Å². The first-order chi connectivity index (χ1) is 27.3. The number of anilines is 3. The molecule has 0 aliphatic heterocycles. The summed E-state index contributed by atoms with van der Waals surface area (Å²) >= 11 is 0. The van der Waals surface area contributed by atoms with E-state index in [4.69, 9.17) is 9.40 Å². The number of hydrogen-bond donors (Lipinski definition) is 0. The van der Waals surface area contributed by atoms with E-state index in [0.29, 0.717) is 0 Å². The summed E-state index contributed by atoms with van der Waals surface area (Å²) in [5.41, 5.74) is 16.9.